The molecule has 2 atom stereocenters. The first-order chi connectivity index (χ1) is 12.0. The number of hydrogen-bond donors (Lipinski definition) is 0. The van der Waals surface area contributed by atoms with E-state index < -0.39 is 12.1 Å². The summed E-state index contributed by atoms with van der Waals surface area (Å²) in [5.74, 6) is -0.737. The van der Waals surface area contributed by atoms with E-state index in [1.54, 1.807) is 30.2 Å². The molecule has 1 aliphatic rings. The highest BCUT2D eigenvalue weighted by Crippen LogP contribution is 2.32. The third kappa shape index (κ3) is 3.39. The standard InChI is InChI=1S/C19H20N2O3S/c1-12-11-14-7-4-5-9-16(14)21(12)18(22)13(2)24-19(23)15-8-6-10-20-17(15)25-3/h4-10,12-13H,11H2,1-3H3/t12-,13+/m1/s1. The van der Waals surface area contributed by atoms with Gasteiger partial charge in [-0.05, 0) is 50.3 Å². The molecular formula is C19H20N2O3S. The van der Waals surface area contributed by atoms with E-state index in [0.29, 0.717) is 10.6 Å². The molecule has 3 rings (SSSR count). The molecule has 0 N–H and O–H groups in total. The maximum atomic E-state index is 12.9. The summed E-state index contributed by atoms with van der Waals surface area (Å²) < 4.78 is 5.43. The molecule has 1 aromatic heterocycles. The lowest BCUT2D eigenvalue weighted by Crippen LogP contribution is -2.43. The number of esters is 1. The number of carbonyl (C=O) groups excluding carboxylic acids is 2. The molecule has 0 fully saturated rings. The second kappa shape index (κ2) is 7.27. The molecule has 25 heavy (non-hydrogen) atoms. The number of ether oxygens (including phenoxy) is 1. The van der Waals surface area contributed by atoms with Gasteiger partial charge in [0.2, 0.25) is 0 Å². The van der Waals surface area contributed by atoms with E-state index >= 15 is 0 Å². The van der Waals surface area contributed by atoms with Crippen LogP contribution in [0.25, 0.3) is 0 Å². The van der Waals surface area contributed by atoms with Crippen LogP contribution >= 0.6 is 11.8 Å². The van der Waals surface area contributed by atoms with E-state index in [1.165, 1.54) is 11.8 Å². The lowest BCUT2D eigenvalue weighted by Gasteiger charge is -2.26. The van der Waals surface area contributed by atoms with Crippen LogP contribution in [0.15, 0.2) is 47.6 Å². The van der Waals surface area contributed by atoms with Crippen molar-refractivity contribution in [3.63, 3.8) is 0 Å². The lowest BCUT2D eigenvalue weighted by molar-refractivity contribution is -0.126. The number of hydrogen-bond acceptors (Lipinski definition) is 5. The molecular weight excluding hydrogens is 336 g/mol. The molecule has 2 heterocycles. The van der Waals surface area contributed by atoms with E-state index in [0.717, 1.165) is 17.7 Å². The molecule has 0 spiro atoms. The Balaban J connectivity index is 1.76. The largest absolute Gasteiger partial charge is 0.449 e. The molecule has 1 aliphatic heterocycles. The number of pyridine rings is 1. The first-order valence-electron chi connectivity index (χ1n) is 8.14. The van der Waals surface area contributed by atoms with Crippen LogP contribution in [0.5, 0.6) is 0 Å². The third-order valence-corrected chi connectivity index (χ3v) is 4.97. The fourth-order valence-electron chi connectivity index (χ4n) is 3.08. The predicted molar refractivity (Wildman–Crippen MR) is 98.0 cm³/mol. The summed E-state index contributed by atoms with van der Waals surface area (Å²) in [5, 5.41) is 0.590. The number of para-hydroxylation sites is 1. The van der Waals surface area contributed by atoms with Gasteiger partial charge in [-0.15, -0.1) is 11.8 Å². The van der Waals surface area contributed by atoms with Crippen molar-refractivity contribution in [2.24, 2.45) is 0 Å². The van der Waals surface area contributed by atoms with Crippen LogP contribution in [0.4, 0.5) is 5.69 Å². The van der Waals surface area contributed by atoms with Crippen LogP contribution in [0.3, 0.4) is 0 Å². The normalized spacial score (nSPS) is 17.1. The summed E-state index contributed by atoms with van der Waals surface area (Å²) in [6.45, 7) is 3.61. The van der Waals surface area contributed by atoms with Crippen LogP contribution in [0.1, 0.15) is 29.8 Å². The summed E-state index contributed by atoms with van der Waals surface area (Å²) in [7, 11) is 0. The number of aromatic nitrogens is 1. The minimum Gasteiger partial charge on any atom is -0.449 e. The number of rotatable bonds is 4. The number of benzene rings is 1. The van der Waals surface area contributed by atoms with Gasteiger partial charge in [-0.25, -0.2) is 9.78 Å². The molecule has 0 aliphatic carbocycles. The Labute approximate surface area is 151 Å². The molecule has 0 bridgehead atoms. The molecule has 6 heteroatoms. The summed E-state index contributed by atoms with van der Waals surface area (Å²) in [6.07, 6.45) is 3.41. The highest BCUT2D eigenvalue weighted by molar-refractivity contribution is 7.98. The average molecular weight is 356 g/mol. The number of nitrogens with zero attached hydrogens (tertiary/aromatic N) is 2. The van der Waals surface area contributed by atoms with Gasteiger partial charge in [-0.3, -0.25) is 4.79 Å². The van der Waals surface area contributed by atoms with Crippen LogP contribution in [0.2, 0.25) is 0 Å². The van der Waals surface area contributed by atoms with Crippen molar-refractivity contribution < 1.29 is 14.3 Å². The minimum atomic E-state index is -0.865. The zero-order chi connectivity index (χ0) is 18.0. The van der Waals surface area contributed by atoms with E-state index in [4.69, 9.17) is 4.74 Å². The van der Waals surface area contributed by atoms with Gasteiger partial charge < -0.3 is 9.64 Å². The second-order valence-corrected chi connectivity index (χ2v) is 6.79. The van der Waals surface area contributed by atoms with Gasteiger partial charge >= 0.3 is 5.97 Å². The fraction of sp³-hybridized carbons (Fsp3) is 0.316. The number of carbonyl (C=O) groups is 2. The first-order valence-corrected chi connectivity index (χ1v) is 9.36. The summed E-state index contributed by atoms with van der Waals surface area (Å²) in [6, 6.07) is 11.2. The van der Waals surface area contributed by atoms with Crippen LogP contribution < -0.4 is 4.90 Å². The Hall–Kier alpha value is -2.34. The Morgan fingerprint density at radius 3 is 2.80 bits per heavy atom. The Kier molecular flexibility index (Phi) is 5.08. The molecule has 130 valence electrons. The molecule has 0 unspecified atom stereocenters. The van der Waals surface area contributed by atoms with Crippen molar-refractivity contribution in [3.05, 3.63) is 53.7 Å². The summed E-state index contributed by atoms with van der Waals surface area (Å²) in [4.78, 5) is 31.2. The van der Waals surface area contributed by atoms with Crippen molar-refractivity contribution in [2.75, 3.05) is 11.2 Å². The number of fused-ring (bicyclic) bond motifs is 1. The van der Waals surface area contributed by atoms with Crippen molar-refractivity contribution in [2.45, 2.75) is 37.4 Å². The monoisotopic (exact) mass is 356 g/mol. The van der Waals surface area contributed by atoms with Crippen LogP contribution in [0, 0.1) is 0 Å². The smallest absolute Gasteiger partial charge is 0.341 e. The molecule has 0 saturated carbocycles. The Morgan fingerprint density at radius 1 is 1.28 bits per heavy atom. The molecule has 1 amide bonds. The maximum absolute atomic E-state index is 12.9. The summed E-state index contributed by atoms with van der Waals surface area (Å²) in [5.41, 5.74) is 2.41. The van der Waals surface area contributed by atoms with Crippen molar-refractivity contribution in [1.82, 2.24) is 4.98 Å². The van der Waals surface area contributed by atoms with Gasteiger partial charge in [0, 0.05) is 17.9 Å². The number of thioether (sulfide) groups is 1. The zero-order valence-electron chi connectivity index (χ0n) is 14.4. The molecule has 1 aromatic carbocycles. The third-order valence-electron chi connectivity index (χ3n) is 4.26. The van der Waals surface area contributed by atoms with Gasteiger partial charge in [-0.2, -0.15) is 0 Å². The quantitative estimate of drug-likeness (QED) is 0.621. The fourth-order valence-corrected chi connectivity index (χ4v) is 3.62. The average Bonchev–Trinajstić information content (AvgIpc) is 2.96. The van der Waals surface area contributed by atoms with Gasteiger partial charge in [0.05, 0.1) is 5.56 Å². The van der Waals surface area contributed by atoms with Crippen LogP contribution in [-0.4, -0.2) is 35.3 Å². The number of anilines is 1. The first kappa shape index (κ1) is 17.5. The highest BCUT2D eigenvalue weighted by Gasteiger charge is 2.34. The Morgan fingerprint density at radius 2 is 2.04 bits per heavy atom. The van der Waals surface area contributed by atoms with E-state index in [-0.39, 0.29) is 11.9 Å². The van der Waals surface area contributed by atoms with Crippen LogP contribution in [-0.2, 0) is 16.0 Å². The SMILES string of the molecule is CSc1ncccc1C(=O)O[C@@H](C)C(=O)N1c2ccccc2C[C@H]1C. The Bertz CT molecular complexity index is 809. The highest BCUT2D eigenvalue weighted by atomic mass is 32.2. The topological polar surface area (TPSA) is 59.5 Å². The van der Waals surface area contributed by atoms with Crippen molar-refractivity contribution >= 4 is 29.3 Å². The minimum absolute atomic E-state index is 0.0474. The lowest BCUT2D eigenvalue weighted by atomic mass is 10.1. The zero-order valence-corrected chi connectivity index (χ0v) is 15.2. The molecule has 2 aromatic rings. The van der Waals surface area contributed by atoms with E-state index in [1.807, 2.05) is 37.4 Å². The van der Waals surface area contributed by atoms with E-state index in [9.17, 15) is 9.59 Å². The van der Waals surface area contributed by atoms with Gasteiger partial charge in [0.1, 0.15) is 5.03 Å². The summed E-state index contributed by atoms with van der Waals surface area (Å²) >= 11 is 1.37. The molecule has 0 saturated heterocycles. The van der Waals surface area contributed by atoms with Crippen molar-refractivity contribution in [1.29, 1.82) is 0 Å². The number of amides is 1. The molecule has 0 radical (unpaired) electrons. The maximum Gasteiger partial charge on any atom is 0.341 e. The molecule has 5 nitrogen and oxygen atoms in total. The second-order valence-electron chi connectivity index (χ2n) is 6.00. The van der Waals surface area contributed by atoms with Gasteiger partial charge in [0.15, 0.2) is 6.10 Å². The van der Waals surface area contributed by atoms with Gasteiger partial charge in [0.25, 0.3) is 5.91 Å². The van der Waals surface area contributed by atoms with Crippen molar-refractivity contribution in [3.8, 4) is 0 Å². The predicted octanol–water partition coefficient (Wildman–Crippen LogP) is 3.33. The van der Waals surface area contributed by atoms with Gasteiger partial charge in [-0.1, -0.05) is 18.2 Å². The van der Waals surface area contributed by atoms with E-state index in [2.05, 4.69) is 4.98 Å².